The molecule has 1 heterocycles. The van der Waals surface area contributed by atoms with E-state index >= 15 is 0 Å². The van der Waals surface area contributed by atoms with Crippen LogP contribution in [-0.4, -0.2) is 23.2 Å². The van der Waals surface area contributed by atoms with Gasteiger partial charge in [0.15, 0.2) is 0 Å². The van der Waals surface area contributed by atoms with Gasteiger partial charge in [0.1, 0.15) is 5.75 Å². The van der Waals surface area contributed by atoms with Crippen LogP contribution in [0, 0.1) is 6.92 Å². The summed E-state index contributed by atoms with van der Waals surface area (Å²) in [4.78, 5) is 12.4. The summed E-state index contributed by atoms with van der Waals surface area (Å²) in [6.07, 6.45) is 0.270. The van der Waals surface area contributed by atoms with Crippen molar-refractivity contribution in [3.8, 4) is 28.7 Å². The maximum Gasteiger partial charge on any atom is 0.248 e. The van der Waals surface area contributed by atoms with Crippen molar-refractivity contribution in [3.05, 3.63) is 83.9 Å². The molecular formula is C24H21N3O3. The van der Waals surface area contributed by atoms with Gasteiger partial charge in [-0.2, -0.15) is 0 Å². The summed E-state index contributed by atoms with van der Waals surface area (Å²) in [7, 11) is 1.61. The van der Waals surface area contributed by atoms with Crippen molar-refractivity contribution in [2.75, 3.05) is 12.4 Å². The number of amides is 1. The number of hydrogen-bond donors (Lipinski definition) is 1. The third-order valence-corrected chi connectivity index (χ3v) is 4.72. The zero-order valence-electron chi connectivity index (χ0n) is 16.8. The molecule has 1 aromatic heterocycles. The Hall–Kier alpha value is -3.93. The molecule has 4 aromatic rings. The number of aryl methyl sites for hydroxylation is 1. The van der Waals surface area contributed by atoms with E-state index in [2.05, 4.69) is 15.5 Å². The summed E-state index contributed by atoms with van der Waals surface area (Å²) < 4.78 is 11.0. The molecule has 0 bridgehead atoms. The number of anilines is 1. The number of aromatic nitrogens is 2. The second kappa shape index (κ2) is 8.61. The van der Waals surface area contributed by atoms with E-state index in [9.17, 15) is 4.79 Å². The van der Waals surface area contributed by atoms with E-state index in [0.29, 0.717) is 17.5 Å². The van der Waals surface area contributed by atoms with Crippen molar-refractivity contribution < 1.29 is 13.9 Å². The lowest BCUT2D eigenvalue weighted by Crippen LogP contribution is -2.14. The number of carbonyl (C=O) groups excluding carboxylic acids is 1. The van der Waals surface area contributed by atoms with Gasteiger partial charge in [-0.25, -0.2) is 0 Å². The highest BCUT2D eigenvalue weighted by molar-refractivity contribution is 5.92. The van der Waals surface area contributed by atoms with Gasteiger partial charge in [0, 0.05) is 16.8 Å². The van der Waals surface area contributed by atoms with Gasteiger partial charge in [0.25, 0.3) is 0 Å². The first kappa shape index (κ1) is 19.4. The third kappa shape index (κ3) is 4.38. The van der Waals surface area contributed by atoms with E-state index in [4.69, 9.17) is 9.15 Å². The Morgan fingerprint density at radius 2 is 1.73 bits per heavy atom. The van der Waals surface area contributed by atoms with Crippen LogP contribution in [0.2, 0.25) is 0 Å². The fourth-order valence-electron chi connectivity index (χ4n) is 3.13. The van der Waals surface area contributed by atoms with E-state index in [1.807, 2.05) is 79.7 Å². The number of carbonyl (C=O) groups is 1. The van der Waals surface area contributed by atoms with E-state index in [0.717, 1.165) is 28.0 Å². The number of nitrogens with one attached hydrogen (secondary N) is 1. The van der Waals surface area contributed by atoms with E-state index < -0.39 is 0 Å². The van der Waals surface area contributed by atoms with Crippen LogP contribution in [0.15, 0.2) is 77.2 Å². The first-order chi connectivity index (χ1) is 14.6. The van der Waals surface area contributed by atoms with Crippen molar-refractivity contribution in [1.82, 2.24) is 10.2 Å². The summed E-state index contributed by atoms with van der Waals surface area (Å²) >= 11 is 0. The molecule has 150 valence electrons. The lowest BCUT2D eigenvalue weighted by Gasteiger charge is -2.07. The monoisotopic (exact) mass is 399 g/mol. The molecular weight excluding hydrogens is 378 g/mol. The summed E-state index contributed by atoms with van der Waals surface area (Å²) in [6.45, 7) is 2.00. The van der Waals surface area contributed by atoms with Crippen molar-refractivity contribution in [3.63, 3.8) is 0 Å². The molecule has 0 saturated heterocycles. The molecule has 4 rings (SSSR count). The van der Waals surface area contributed by atoms with Gasteiger partial charge in [-0.05, 0) is 54.4 Å². The minimum atomic E-state index is -0.108. The fraction of sp³-hybridized carbons (Fsp3) is 0.125. The number of benzene rings is 3. The molecule has 0 unspecified atom stereocenters. The summed E-state index contributed by atoms with van der Waals surface area (Å²) in [5.74, 6) is 1.52. The Balaban J connectivity index is 1.47. The van der Waals surface area contributed by atoms with E-state index in [1.54, 1.807) is 7.11 Å². The summed E-state index contributed by atoms with van der Waals surface area (Å²) in [5, 5.41) is 11.3. The SMILES string of the molecule is COc1ccc(CC(=O)Nc2cccc(-c3nnc(-c4ccccc4C)o3)c2)cc1. The lowest BCUT2D eigenvalue weighted by molar-refractivity contribution is -0.115. The quantitative estimate of drug-likeness (QED) is 0.499. The number of hydrogen-bond acceptors (Lipinski definition) is 5. The number of ether oxygens (including phenoxy) is 1. The molecule has 0 fully saturated rings. The first-order valence-corrected chi connectivity index (χ1v) is 9.55. The van der Waals surface area contributed by atoms with Crippen molar-refractivity contribution in [2.24, 2.45) is 0 Å². The molecule has 0 aliphatic rings. The van der Waals surface area contributed by atoms with Gasteiger partial charge >= 0.3 is 0 Å². The molecule has 0 radical (unpaired) electrons. The Morgan fingerprint density at radius 1 is 0.967 bits per heavy atom. The fourth-order valence-corrected chi connectivity index (χ4v) is 3.13. The van der Waals surface area contributed by atoms with Crippen LogP contribution >= 0.6 is 0 Å². The topological polar surface area (TPSA) is 77.2 Å². The standard InChI is InChI=1S/C24H21N3O3/c1-16-6-3-4-9-21(16)24-27-26-23(30-24)18-7-5-8-19(15-18)25-22(28)14-17-10-12-20(29-2)13-11-17/h3-13,15H,14H2,1-2H3,(H,25,28). The highest BCUT2D eigenvalue weighted by Crippen LogP contribution is 2.27. The van der Waals surface area contributed by atoms with Gasteiger partial charge in [-0.3, -0.25) is 4.79 Å². The molecule has 0 atom stereocenters. The second-order valence-corrected chi connectivity index (χ2v) is 6.88. The third-order valence-electron chi connectivity index (χ3n) is 4.72. The maximum absolute atomic E-state index is 12.4. The summed E-state index contributed by atoms with van der Waals surface area (Å²) in [6, 6.07) is 22.6. The van der Waals surface area contributed by atoms with Crippen LogP contribution in [0.3, 0.4) is 0 Å². The Labute approximate surface area is 174 Å². The Morgan fingerprint density at radius 3 is 2.50 bits per heavy atom. The zero-order chi connectivity index (χ0) is 20.9. The summed E-state index contributed by atoms with van der Waals surface area (Å²) in [5.41, 5.74) is 4.28. The van der Waals surface area contributed by atoms with E-state index in [1.165, 1.54) is 0 Å². The van der Waals surface area contributed by atoms with Crippen LogP contribution in [0.25, 0.3) is 22.9 Å². The molecule has 6 nitrogen and oxygen atoms in total. The largest absolute Gasteiger partial charge is 0.497 e. The smallest absolute Gasteiger partial charge is 0.248 e. The minimum absolute atomic E-state index is 0.108. The Kier molecular flexibility index (Phi) is 5.57. The molecule has 1 amide bonds. The zero-order valence-corrected chi connectivity index (χ0v) is 16.8. The predicted molar refractivity (Wildman–Crippen MR) is 115 cm³/mol. The van der Waals surface area contributed by atoms with E-state index in [-0.39, 0.29) is 12.3 Å². The average molecular weight is 399 g/mol. The molecule has 6 heteroatoms. The number of rotatable bonds is 6. The molecule has 0 aliphatic carbocycles. The lowest BCUT2D eigenvalue weighted by atomic mass is 10.1. The molecule has 1 N–H and O–H groups in total. The van der Waals surface area contributed by atoms with Gasteiger partial charge < -0.3 is 14.5 Å². The van der Waals surface area contributed by atoms with Crippen LogP contribution in [0.5, 0.6) is 5.75 Å². The van der Waals surface area contributed by atoms with Crippen molar-refractivity contribution in [2.45, 2.75) is 13.3 Å². The molecule has 3 aromatic carbocycles. The van der Waals surface area contributed by atoms with Gasteiger partial charge in [-0.15, -0.1) is 10.2 Å². The minimum Gasteiger partial charge on any atom is -0.497 e. The van der Waals surface area contributed by atoms with Gasteiger partial charge in [0.2, 0.25) is 17.7 Å². The average Bonchev–Trinajstić information content (AvgIpc) is 3.25. The predicted octanol–water partition coefficient (Wildman–Crippen LogP) is 4.90. The number of nitrogens with zero attached hydrogens (tertiary/aromatic N) is 2. The van der Waals surface area contributed by atoms with Crippen LogP contribution < -0.4 is 10.1 Å². The van der Waals surface area contributed by atoms with Crippen LogP contribution in [0.1, 0.15) is 11.1 Å². The molecule has 0 spiro atoms. The normalized spacial score (nSPS) is 10.6. The Bertz CT molecular complexity index is 1170. The van der Waals surface area contributed by atoms with Crippen LogP contribution in [-0.2, 0) is 11.2 Å². The van der Waals surface area contributed by atoms with Crippen LogP contribution in [0.4, 0.5) is 5.69 Å². The highest BCUT2D eigenvalue weighted by Gasteiger charge is 2.13. The first-order valence-electron chi connectivity index (χ1n) is 9.55. The van der Waals surface area contributed by atoms with Crippen molar-refractivity contribution in [1.29, 1.82) is 0 Å². The molecule has 0 saturated carbocycles. The molecule has 0 aliphatic heterocycles. The number of methoxy groups -OCH3 is 1. The van der Waals surface area contributed by atoms with Gasteiger partial charge in [-0.1, -0.05) is 36.4 Å². The second-order valence-electron chi connectivity index (χ2n) is 6.88. The van der Waals surface area contributed by atoms with Gasteiger partial charge in [0.05, 0.1) is 13.5 Å². The molecule has 30 heavy (non-hydrogen) atoms. The highest BCUT2D eigenvalue weighted by atomic mass is 16.5. The maximum atomic E-state index is 12.4. The van der Waals surface area contributed by atoms with Crippen molar-refractivity contribution >= 4 is 11.6 Å².